The molecule has 0 aliphatic heterocycles. The molecule has 4 rings (SSSR count). The molecule has 1 aromatic carbocycles. The highest BCUT2D eigenvalue weighted by atomic mass is 35.5. The number of halogens is 3. The maximum absolute atomic E-state index is 14.1. The first-order valence-electron chi connectivity index (χ1n) is 7.28. The SMILES string of the molecule is O=C(Nc1nccc2[nH]c(-c3c(F)cccc3Cl)nc12)[C@H]1C[C@H]1F. The molecule has 1 fully saturated rings. The van der Waals surface area contributed by atoms with Crippen LogP contribution in [0.2, 0.25) is 5.02 Å². The van der Waals surface area contributed by atoms with Crippen LogP contribution in [0.4, 0.5) is 14.6 Å². The maximum Gasteiger partial charge on any atom is 0.231 e. The van der Waals surface area contributed by atoms with E-state index in [1.165, 1.54) is 18.3 Å². The number of aromatic amines is 1. The first-order chi connectivity index (χ1) is 11.5. The average Bonchev–Trinajstić information content (AvgIpc) is 3.11. The summed E-state index contributed by atoms with van der Waals surface area (Å²) in [5.41, 5.74) is 1.05. The summed E-state index contributed by atoms with van der Waals surface area (Å²) in [6.45, 7) is 0. The smallest absolute Gasteiger partial charge is 0.231 e. The summed E-state index contributed by atoms with van der Waals surface area (Å²) in [5.74, 6) is -1.16. The van der Waals surface area contributed by atoms with Gasteiger partial charge < -0.3 is 10.3 Å². The Morgan fingerprint density at radius 3 is 2.88 bits per heavy atom. The molecule has 2 N–H and O–H groups in total. The number of anilines is 1. The number of nitrogens with zero attached hydrogens (tertiary/aromatic N) is 2. The molecule has 5 nitrogen and oxygen atoms in total. The van der Waals surface area contributed by atoms with Crippen molar-refractivity contribution in [1.82, 2.24) is 15.0 Å². The van der Waals surface area contributed by atoms with E-state index < -0.39 is 23.8 Å². The van der Waals surface area contributed by atoms with E-state index in [1.54, 1.807) is 12.1 Å². The largest absolute Gasteiger partial charge is 0.338 e. The van der Waals surface area contributed by atoms with Crippen LogP contribution < -0.4 is 5.32 Å². The van der Waals surface area contributed by atoms with E-state index in [-0.39, 0.29) is 28.6 Å². The van der Waals surface area contributed by atoms with Crippen LogP contribution in [0.15, 0.2) is 30.5 Å². The van der Waals surface area contributed by atoms with Crippen molar-refractivity contribution < 1.29 is 13.6 Å². The van der Waals surface area contributed by atoms with Gasteiger partial charge in [-0.3, -0.25) is 4.79 Å². The van der Waals surface area contributed by atoms with E-state index in [2.05, 4.69) is 20.3 Å². The van der Waals surface area contributed by atoms with Crippen LogP contribution >= 0.6 is 11.6 Å². The van der Waals surface area contributed by atoms with Crippen LogP contribution in [0.1, 0.15) is 6.42 Å². The highest BCUT2D eigenvalue weighted by Gasteiger charge is 2.43. The Hall–Kier alpha value is -2.54. The van der Waals surface area contributed by atoms with Crippen molar-refractivity contribution in [3.8, 4) is 11.4 Å². The summed E-state index contributed by atoms with van der Waals surface area (Å²) >= 11 is 6.05. The Morgan fingerprint density at radius 2 is 2.17 bits per heavy atom. The number of hydrogen-bond acceptors (Lipinski definition) is 3. The number of benzene rings is 1. The minimum Gasteiger partial charge on any atom is -0.338 e. The molecular weight excluding hydrogens is 338 g/mol. The van der Waals surface area contributed by atoms with Gasteiger partial charge in [0.15, 0.2) is 5.82 Å². The lowest BCUT2D eigenvalue weighted by Crippen LogP contribution is -2.16. The molecule has 0 unspecified atom stereocenters. The molecule has 2 atom stereocenters. The Morgan fingerprint density at radius 1 is 1.38 bits per heavy atom. The van der Waals surface area contributed by atoms with Crippen molar-refractivity contribution in [1.29, 1.82) is 0 Å². The van der Waals surface area contributed by atoms with Gasteiger partial charge >= 0.3 is 0 Å². The number of imidazole rings is 1. The second-order valence-corrected chi connectivity index (χ2v) is 5.99. The minimum absolute atomic E-state index is 0.138. The molecule has 0 bridgehead atoms. The van der Waals surface area contributed by atoms with Crippen LogP contribution in [-0.2, 0) is 4.79 Å². The van der Waals surface area contributed by atoms with Gasteiger partial charge in [-0.1, -0.05) is 17.7 Å². The molecule has 1 amide bonds. The van der Waals surface area contributed by atoms with Gasteiger partial charge in [0, 0.05) is 6.20 Å². The predicted molar refractivity (Wildman–Crippen MR) is 85.9 cm³/mol. The molecule has 1 aliphatic carbocycles. The van der Waals surface area contributed by atoms with E-state index in [4.69, 9.17) is 11.6 Å². The van der Waals surface area contributed by atoms with E-state index in [1.807, 2.05) is 0 Å². The predicted octanol–water partition coefficient (Wildman–Crippen LogP) is 3.71. The van der Waals surface area contributed by atoms with E-state index in [0.717, 1.165) is 0 Å². The van der Waals surface area contributed by atoms with Crippen molar-refractivity contribution in [2.45, 2.75) is 12.6 Å². The van der Waals surface area contributed by atoms with Gasteiger partial charge in [0.05, 0.1) is 22.0 Å². The normalized spacial score (nSPS) is 19.5. The number of aromatic nitrogens is 3. The van der Waals surface area contributed by atoms with Gasteiger partial charge in [0.2, 0.25) is 5.91 Å². The van der Waals surface area contributed by atoms with Crippen molar-refractivity contribution in [3.63, 3.8) is 0 Å². The van der Waals surface area contributed by atoms with Crippen molar-refractivity contribution in [2.24, 2.45) is 5.92 Å². The lowest BCUT2D eigenvalue weighted by molar-refractivity contribution is -0.117. The van der Waals surface area contributed by atoms with Crippen LogP contribution in [0.25, 0.3) is 22.4 Å². The summed E-state index contributed by atoms with van der Waals surface area (Å²) in [6, 6.07) is 5.98. The Balaban J connectivity index is 1.76. The minimum atomic E-state index is -1.10. The average molecular weight is 349 g/mol. The molecule has 1 aliphatic rings. The second kappa shape index (κ2) is 5.52. The maximum atomic E-state index is 14.1. The van der Waals surface area contributed by atoms with Crippen LogP contribution in [-0.4, -0.2) is 27.0 Å². The van der Waals surface area contributed by atoms with E-state index in [9.17, 15) is 13.6 Å². The molecule has 0 spiro atoms. The third-order valence-corrected chi connectivity index (χ3v) is 4.21. The zero-order chi connectivity index (χ0) is 16.8. The molecule has 2 aromatic heterocycles. The van der Waals surface area contributed by atoms with Gasteiger partial charge in [-0.15, -0.1) is 0 Å². The summed E-state index contributed by atoms with van der Waals surface area (Å²) in [5, 5.41) is 2.79. The molecule has 122 valence electrons. The van der Waals surface area contributed by atoms with Gasteiger partial charge in [-0.05, 0) is 24.6 Å². The van der Waals surface area contributed by atoms with E-state index >= 15 is 0 Å². The number of carbonyl (C=O) groups is 1. The van der Waals surface area contributed by atoms with Gasteiger partial charge in [-0.2, -0.15) is 0 Å². The molecule has 2 heterocycles. The molecule has 1 saturated carbocycles. The number of pyridine rings is 1. The fourth-order valence-corrected chi connectivity index (χ4v) is 2.77. The summed E-state index contributed by atoms with van der Waals surface area (Å²) in [7, 11) is 0. The van der Waals surface area contributed by atoms with Crippen molar-refractivity contribution >= 4 is 34.4 Å². The topological polar surface area (TPSA) is 70.7 Å². The summed E-state index contributed by atoms with van der Waals surface area (Å²) < 4.78 is 27.1. The Labute approximate surface area is 140 Å². The fourth-order valence-electron chi connectivity index (χ4n) is 2.51. The Bertz CT molecular complexity index is 938. The van der Waals surface area contributed by atoms with Crippen LogP contribution in [0.3, 0.4) is 0 Å². The number of fused-ring (bicyclic) bond motifs is 1. The standard InChI is InChI=1S/C16H11ClF2N4O/c17-8-2-1-3-9(18)12(8)14-21-11-4-5-20-15(13(11)22-14)23-16(24)7-6-10(7)19/h1-5,7,10H,6H2,(H,21,22)(H,20,23,24)/t7-,10+/m0/s1. The van der Waals surface area contributed by atoms with Crippen LogP contribution in [0.5, 0.6) is 0 Å². The molecular formula is C16H11ClF2N4O. The number of nitrogens with one attached hydrogen (secondary N) is 2. The first-order valence-corrected chi connectivity index (χ1v) is 7.66. The van der Waals surface area contributed by atoms with Crippen molar-refractivity contribution in [3.05, 3.63) is 41.3 Å². The van der Waals surface area contributed by atoms with Gasteiger partial charge in [-0.25, -0.2) is 18.7 Å². The third-order valence-electron chi connectivity index (χ3n) is 3.89. The number of carbonyl (C=O) groups excluding carboxylic acids is 1. The molecule has 24 heavy (non-hydrogen) atoms. The first kappa shape index (κ1) is 15.0. The summed E-state index contributed by atoms with van der Waals surface area (Å²) in [6.07, 6.45) is 0.595. The molecule has 3 aromatic rings. The molecule has 0 saturated heterocycles. The fraction of sp³-hybridized carbons (Fsp3) is 0.188. The Kier molecular flexibility index (Phi) is 3.45. The van der Waals surface area contributed by atoms with E-state index in [0.29, 0.717) is 11.0 Å². The quantitative estimate of drug-likeness (QED) is 0.758. The van der Waals surface area contributed by atoms with Gasteiger partial charge in [0.1, 0.15) is 23.3 Å². The highest BCUT2D eigenvalue weighted by molar-refractivity contribution is 6.33. The number of rotatable bonds is 3. The molecule has 0 radical (unpaired) electrons. The number of H-pyrrole nitrogens is 1. The third kappa shape index (κ3) is 2.50. The number of amides is 1. The second-order valence-electron chi connectivity index (χ2n) is 5.59. The van der Waals surface area contributed by atoms with Crippen LogP contribution in [0, 0.1) is 11.7 Å². The highest BCUT2D eigenvalue weighted by Crippen LogP contribution is 2.35. The number of hydrogen-bond donors (Lipinski definition) is 2. The zero-order valence-corrected chi connectivity index (χ0v) is 12.9. The van der Waals surface area contributed by atoms with Crippen molar-refractivity contribution in [2.75, 3.05) is 5.32 Å². The molecule has 8 heteroatoms. The zero-order valence-electron chi connectivity index (χ0n) is 12.2. The monoisotopic (exact) mass is 348 g/mol. The lowest BCUT2D eigenvalue weighted by atomic mass is 10.2. The lowest BCUT2D eigenvalue weighted by Gasteiger charge is -2.03. The number of alkyl halides is 1. The van der Waals surface area contributed by atoms with Gasteiger partial charge in [0.25, 0.3) is 0 Å². The summed E-state index contributed by atoms with van der Waals surface area (Å²) in [4.78, 5) is 23.2.